The van der Waals surface area contributed by atoms with Crippen molar-refractivity contribution in [1.29, 1.82) is 0 Å². The first-order chi connectivity index (χ1) is 10.1. The molecule has 21 heavy (non-hydrogen) atoms. The number of nitrogens with one attached hydrogen (secondary N) is 1. The fourth-order valence-corrected chi connectivity index (χ4v) is 3.67. The Morgan fingerprint density at radius 2 is 2.14 bits per heavy atom. The summed E-state index contributed by atoms with van der Waals surface area (Å²) >= 11 is 0. The van der Waals surface area contributed by atoms with Gasteiger partial charge >= 0.3 is 0 Å². The van der Waals surface area contributed by atoms with E-state index in [4.69, 9.17) is 4.74 Å². The van der Waals surface area contributed by atoms with Gasteiger partial charge in [0.05, 0.1) is 11.7 Å². The molecule has 1 saturated heterocycles. The van der Waals surface area contributed by atoms with Gasteiger partial charge in [0.2, 0.25) is 0 Å². The van der Waals surface area contributed by atoms with E-state index in [9.17, 15) is 4.79 Å². The average Bonchev–Trinajstić information content (AvgIpc) is 3.07. The lowest BCUT2D eigenvalue weighted by molar-refractivity contribution is -0.0346. The highest BCUT2D eigenvalue weighted by Gasteiger charge is 2.42. The van der Waals surface area contributed by atoms with Crippen molar-refractivity contribution in [2.24, 2.45) is 0 Å². The molecule has 2 fully saturated rings. The summed E-state index contributed by atoms with van der Waals surface area (Å²) in [6.45, 7) is 4.50. The molecule has 1 aromatic rings. The zero-order valence-electron chi connectivity index (χ0n) is 12.9. The normalized spacial score (nSPS) is 23.6. The van der Waals surface area contributed by atoms with E-state index in [1.165, 1.54) is 25.7 Å². The maximum absolute atomic E-state index is 12.2. The minimum absolute atomic E-state index is 0.0940. The predicted octanol–water partition coefficient (Wildman–Crippen LogP) is 2.92. The second-order valence-corrected chi connectivity index (χ2v) is 6.56. The number of carbonyl (C=O) groups excluding carboxylic acids is 1. The number of aromatic nitrogens is 1. The molecule has 0 aromatic carbocycles. The third-order valence-corrected chi connectivity index (χ3v) is 4.77. The van der Waals surface area contributed by atoms with Gasteiger partial charge in [0.1, 0.15) is 5.69 Å². The van der Waals surface area contributed by atoms with Crippen LogP contribution in [-0.4, -0.2) is 29.1 Å². The molecule has 0 bridgehead atoms. The Hall–Kier alpha value is -1.42. The summed E-state index contributed by atoms with van der Waals surface area (Å²) in [6.07, 6.45) is 9.05. The molecule has 3 rings (SSSR count). The fraction of sp³-hybridized carbons (Fsp3) is 0.647. The fourth-order valence-electron chi connectivity index (χ4n) is 3.67. The first-order valence-electron chi connectivity index (χ1n) is 7.97. The van der Waals surface area contributed by atoms with Gasteiger partial charge in [0.25, 0.3) is 5.91 Å². The van der Waals surface area contributed by atoms with Crippen LogP contribution in [0.1, 0.15) is 60.1 Å². The summed E-state index contributed by atoms with van der Waals surface area (Å²) in [5.41, 5.74) is 2.65. The molecule has 114 valence electrons. The predicted molar refractivity (Wildman–Crippen MR) is 81.4 cm³/mol. The SMILES string of the molecule is Cc1cnc(C(=O)NCC2CCC3(CCCC3)O2)c(C)c1. The summed E-state index contributed by atoms with van der Waals surface area (Å²) in [6, 6.07) is 1.99. The molecule has 1 aromatic heterocycles. The van der Waals surface area contributed by atoms with Gasteiger partial charge in [-0.15, -0.1) is 0 Å². The van der Waals surface area contributed by atoms with Crippen LogP contribution in [0.2, 0.25) is 0 Å². The van der Waals surface area contributed by atoms with Gasteiger partial charge in [-0.05, 0) is 50.7 Å². The van der Waals surface area contributed by atoms with Gasteiger partial charge in [0.15, 0.2) is 0 Å². The second-order valence-electron chi connectivity index (χ2n) is 6.56. The summed E-state index contributed by atoms with van der Waals surface area (Å²) in [4.78, 5) is 16.5. The Balaban J connectivity index is 1.54. The van der Waals surface area contributed by atoms with Crippen LogP contribution in [0.25, 0.3) is 0 Å². The molecule has 1 saturated carbocycles. The molecule has 2 aliphatic rings. The van der Waals surface area contributed by atoms with Crippen LogP contribution in [0.4, 0.5) is 0 Å². The van der Waals surface area contributed by atoms with Crippen molar-refractivity contribution in [2.75, 3.05) is 6.54 Å². The maximum atomic E-state index is 12.2. The van der Waals surface area contributed by atoms with E-state index in [1.54, 1.807) is 6.20 Å². The molecular formula is C17H24N2O2. The van der Waals surface area contributed by atoms with Crippen molar-refractivity contribution in [3.05, 3.63) is 29.1 Å². The van der Waals surface area contributed by atoms with Crippen LogP contribution in [0, 0.1) is 13.8 Å². The molecule has 1 spiro atoms. The Bertz CT molecular complexity index is 536. The Morgan fingerprint density at radius 1 is 1.38 bits per heavy atom. The third-order valence-electron chi connectivity index (χ3n) is 4.77. The number of pyridine rings is 1. The number of carbonyl (C=O) groups is 1. The van der Waals surface area contributed by atoms with E-state index in [1.807, 2.05) is 19.9 Å². The Kier molecular flexibility index (Phi) is 3.98. The average molecular weight is 288 g/mol. The molecule has 4 heteroatoms. The quantitative estimate of drug-likeness (QED) is 0.930. The molecular weight excluding hydrogens is 264 g/mol. The molecule has 1 aliphatic carbocycles. The van der Waals surface area contributed by atoms with E-state index in [0.717, 1.165) is 24.0 Å². The molecule has 1 aliphatic heterocycles. The Labute approximate surface area is 126 Å². The first-order valence-corrected chi connectivity index (χ1v) is 7.97. The van der Waals surface area contributed by atoms with Gasteiger partial charge in [-0.25, -0.2) is 0 Å². The van der Waals surface area contributed by atoms with Gasteiger partial charge in [-0.2, -0.15) is 0 Å². The van der Waals surface area contributed by atoms with Crippen molar-refractivity contribution < 1.29 is 9.53 Å². The van der Waals surface area contributed by atoms with Crippen LogP contribution < -0.4 is 5.32 Å². The molecule has 1 unspecified atom stereocenters. The van der Waals surface area contributed by atoms with E-state index in [-0.39, 0.29) is 17.6 Å². The number of aryl methyl sites for hydroxylation is 2. The highest BCUT2D eigenvalue weighted by molar-refractivity contribution is 5.93. The van der Waals surface area contributed by atoms with Crippen molar-refractivity contribution in [1.82, 2.24) is 10.3 Å². The van der Waals surface area contributed by atoms with Crippen molar-refractivity contribution in [3.63, 3.8) is 0 Å². The van der Waals surface area contributed by atoms with Crippen LogP contribution in [0.5, 0.6) is 0 Å². The van der Waals surface area contributed by atoms with Gasteiger partial charge < -0.3 is 10.1 Å². The van der Waals surface area contributed by atoms with Crippen LogP contribution in [0.3, 0.4) is 0 Å². The molecule has 0 radical (unpaired) electrons. The number of hydrogen-bond acceptors (Lipinski definition) is 3. The molecule has 1 atom stereocenters. The second kappa shape index (κ2) is 5.76. The smallest absolute Gasteiger partial charge is 0.270 e. The Morgan fingerprint density at radius 3 is 2.86 bits per heavy atom. The number of ether oxygens (including phenoxy) is 1. The lowest BCUT2D eigenvalue weighted by Gasteiger charge is -2.23. The topological polar surface area (TPSA) is 51.2 Å². The van der Waals surface area contributed by atoms with Crippen LogP contribution in [0.15, 0.2) is 12.3 Å². The number of nitrogens with zero attached hydrogens (tertiary/aromatic N) is 1. The number of hydrogen-bond donors (Lipinski definition) is 1. The maximum Gasteiger partial charge on any atom is 0.270 e. The molecule has 1 amide bonds. The number of rotatable bonds is 3. The third kappa shape index (κ3) is 3.10. The summed E-state index contributed by atoms with van der Waals surface area (Å²) < 4.78 is 6.21. The zero-order chi connectivity index (χ0) is 14.9. The van der Waals surface area contributed by atoms with Gasteiger partial charge in [-0.1, -0.05) is 18.9 Å². The van der Waals surface area contributed by atoms with E-state index in [0.29, 0.717) is 12.2 Å². The van der Waals surface area contributed by atoms with Crippen molar-refractivity contribution >= 4 is 5.91 Å². The summed E-state index contributed by atoms with van der Waals surface area (Å²) in [5.74, 6) is -0.0940. The zero-order valence-corrected chi connectivity index (χ0v) is 12.9. The van der Waals surface area contributed by atoms with Crippen LogP contribution >= 0.6 is 0 Å². The van der Waals surface area contributed by atoms with E-state index in [2.05, 4.69) is 10.3 Å². The lowest BCUT2D eigenvalue weighted by atomic mass is 9.98. The van der Waals surface area contributed by atoms with Gasteiger partial charge in [-0.3, -0.25) is 9.78 Å². The molecule has 1 N–H and O–H groups in total. The molecule has 2 heterocycles. The standard InChI is InChI=1S/C17H24N2O2/c1-12-9-13(2)15(18-10-12)16(20)19-11-14-5-8-17(21-14)6-3-4-7-17/h9-10,14H,3-8,11H2,1-2H3,(H,19,20). The summed E-state index contributed by atoms with van der Waals surface area (Å²) in [7, 11) is 0. The lowest BCUT2D eigenvalue weighted by Crippen LogP contribution is -2.35. The van der Waals surface area contributed by atoms with Crippen molar-refractivity contribution in [3.8, 4) is 0 Å². The van der Waals surface area contributed by atoms with Crippen LogP contribution in [-0.2, 0) is 4.74 Å². The van der Waals surface area contributed by atoms with Gasteiger partial charge in [0, 0.05) is 12.7 Å². The highest BCUT2D eigenvalue weighted by Crippen LogP contribution is 2.43. The summed E-state index contributed by atoms with van der Waals surface area (Å²) in [5, 5.41) is 2.98. The minimum atomic E-state index is -0.0940. The van der Waals surface area contributed by atoms with Crippen molar-refractivity contribution in [2.45, 2.75) is 64.1 Å². The highest BCUT2D eigenvalue weighted by atomic mass is 16.5. The largest absolute Gasteiger partial charge is 0.370 e. The first kappa shape index (κ1) is 14.5. The van der Waals surface area contributed by atoms with E-state index < -0.39 is 0 Å². The monoisotopic (exact) mass is 288 g/mol. The van der Waals surface area contributed by atoms with E-state index >= 15 is 0 Å². The number of amides is 1. The minimum Gasteiger partial charge on any atom is -0.370 e. The molecule has 4 nitrogen and oxygen atoms in total.